The first-order valence-electron chi connectivity index (χ1n) is 4.37. The number of hydrogen-bond acceptors (Lipinski definition) is 8. The Morgan fingerprint density at radius 3 is 0.400 bits per heavy atom. The van der Waals surface area contributed by atoms with Crippen LogP contribution in [0.25, 0.3) is 0 Å². The molecule has 136 valence electrons. The summed E-state index contributed by atoms with van der Waals surface area (Å²) in [7, 11) is 0. The number of aliphatic hydroxyl groups is 8. The fourth-order valence-electron chi connectivity index (χ4n) is 0. The smallest absolute Gasteiger partial charge is 0.148 e. The average Bonchev–Trinajstić information content (AvgIpc) is 1.76. The Balaban J connectivity index is -0.0000000150. The summed E-state index contributed by atoms with van der Waals surface area (Å²) in [6, 6.07) is 0. The molecule has 0 atom stereocenters. The van der Waals surface area contributed by atoms with Crippen LogP contribution in [-0.4, -0.2) is 77.0 Å². The molecule has 20 heavy (non-hydrogen) atoms. The van der Waals surface area contributed by atoms with Gasteiger partial charge in [0, 0.05) is 39.0 Å². The largest absolute Gasteiger partial charge is 0.412 e. The molecule has 0 aliphatic rings. The fraction of sp³-hybridized carbons (Fsp3) is 1.00. The van der Waals surface area contributed by atoms with Crippen molar-refractivity contribution >= 4 is 0 Å². The monoisotopic (exact) mass is 488 g/mol. The molecule has 0 amide bonds. The van der Waals surface area contributed by atoms with E-state index < -0.39 is 25.2 Å². The van der Waals surface area contributed by atoms with Gasteiger partial charge in [-0.25, -0.2) is 0 Å². The van der Waals surface area contributed by atoms with Crippen LogP contribution in [0.15, 0.2) is 0 Å². The first-order valence-corrected chi connectivity index (χ1v) is 4.37. The molecule has 0 aliphatic heterocycles. The third-order valence-corrected chi connectivity index (χ3v) is 0. The predicted octanol–water partition coefficient (Wildman–Crippen LogP) is -4.39. The molecule has 0 saturated carbocycles. The number of rotatable bonds is 0. The summed E-state index contributed by atoms with van der Waals surface area (Å²) in [5.74, 6) is 0. The van der Waals surface area contributed by atoms with Gasteiger partial charge in [0.25, 0.3) is 0 Å². The molecule has 0 spiro atoms. The minimum absolute atomic E-state index is 0. The van der Waals surface area contributed by atoms with Gasteiger partial charge in [0.2, 0.25) is 0 Å². The van der Waals surface area contributed by atoms with E-state index in [2.05, 4.69) is 0 Å². The number of hydrogen-bond donors (Lipinski definition) is 8. The third kappa shape index (κ3) is 8370. The Labute approximate surface area is 143 Å². The molecule has 12 N–H and O–H groups in total. The van der Waals surface area contributed by atoms with Crippen molar-refractivity contribution in [2.45, 2.75) is 52.9 Å². The van der Waals surface area contributed by atoms with Gasteiger partial charge < -0.3 is 51.8 Å². The van der Waals surface area contributed by atoms with Gasteiger partial charge in [0.05, 0.1) is 0 Å². The zero-order valence-electron chi connectivity index (χ0n) is 11.6. The summed E-state index contributed by atoms with van der Waals surface area (Å²) in [6.45, 7) is 5.11. The molecule has 0 heterocycles. The first kappa shape index (κ1) is 49.8. The summed E-state index contributed by atoms with van der Waals surface area (Å²) in [5, 5.41) is 60.9. The van der Waals surface area contributed by atoms with Crippen LogP contribution < -0.4 is 0 Å². The van der Waals surface area contributed by atoms with E-state index in [1.165, 1.54) is 27.7 Å². The van der Waals surface area contributed by atoms with Crippen molar-refractivity contribution in [3.05, 3.63) is 0 Å². The second-order valence-corrected chi connectivity index (χ2v) is 2.53. The second-order valence-electron chi connectivity index (χ2n) is 2.53. The zero-order chi connectivity index (χ0) is 14.3. The molecule has 0 bridgehead atoms. The summed E-state index contributed by atoms with van der Waals surface area (Å²) in [6.07, 6.45) is -4.67. The van der Waals surface area contributed by atoms with Gasteiger partial charge >= 0.3 is 0 Å². The minimum atomic E-state index is -1.17. The maximum atomic E-state index is 7.61. The van der Waals surface area contributed by atoms with Crippen molar-refractivity contribution in [3.63, 3.8) is 0 Å². The van der Waals surface area contributed by atoms with Gasteiger partial charge in [-0.3, -0.25) is 0 Å². The van der Waals surface area contributed by atoms with Gasteiger partial charge in [-0.15, -0.1) is 0 Å². The normalized spacial score (nSPS) is 7.20. The van der Waals surface area contributed by atoms with Crippen LogP contribution in [0.3, 0.4) is 0 Å². The van der Waals surface area contributed by atoms with Gasteiger partial charge in [-0.1, -0.05) is 0 Å². The summed E-state index contributed by atoms with van der Waals surface area (Å²) in [4.78, 5) is 0. The third-order valence-electron chi connectivity index (χ3n) is 0. The first-order chi connectivity index (χ1) is 6.93. The van der Waals surface area contributed by atoms with Crippen molar-refractivity contribution in [2.75, 3.05) is 0 Å². The molecule has 0 aromatic heterocycles. The van der Waals surface area contributed by atoms with E-state index in [1.54, 1.807) is 0 Å². The quantitative estimate of drug-likeness (QED) is 0.123. The van der Waals surface area contributed by atoms with Crippen molar-refractivity contribution in [1.29, 1.82) is 0 Å². The van der Waals surface area contributed by atoms with Gasteiger partial charge in [-0.05, 0) is 27.7 Å². The van der Waals surface area contributed by atoms with Crippen molar-refractivity contribution in [1.82, 2.24) is 0 Å². The van der Waals surface area contributed by atoms with Gasteiger partial charge in [-0.2, -0.15) is 0 Å². The molecule has 0 aliphatic carbocycles. The van der Waals surface area contributed by atoms with Crippen LogP contribution in [0.5, 0.6) is 0 Å². The molecule has 0 fully saturated rings. The predicted molar refractivity (Wildman–Crippen MR) is 62.8 cm³/mol. The van der Waals surface area contributed by atoms with Crippen molar-refractivity contribution in [3.8, 4) is 0 Å². The Kier molecular flexibility index (Phi) is 106. The van der Waals surface area contributed by atoms with E-state index in [-0.39, 0.29) is 49.9 Å². The molecule has 0 unspecified atom stereocenters. The summed E-state index contributed by atoms with van der Waals surface area (Å²) >= 11 is 0. The minimum Gasteiger partial charge on any atom is -0.412 e. The molecule has 10 nitrogen and oxygen atoms in total. The Morgan fingerprint density at radius 2 is 0.400 bits per heavy atom. The number of aliphatic hydroxyl groups excluding tert-OH is 4. The molecular formula is C8H28O10Ru2. The molecule has 0 aromatic rings. The average molecular weight is 486 g/mol. The van der Waals surface area contributed by atoms with Crippen molar-refractivity contribution in [2.24, 2.45) is 0 Å². The summed E-state index contributed by atoms with van der Waals surface area (Å²) < 4.78 is 0. The van der Waals surface area contributed by atoms with Crippen LogP contribution in [-0.2, 0) is 39.0 Å². The van der Waals surface area contributed by atoms with Gasteiger partial charge in [0.15, 0.2) is 0 Å². The zero-order valence-corrected chi connectivity index (χ0v) is 15.1. The van der Waals surface area contributed by atoms with Crippen LogP contribution >= 0.6 is 0 Å². The maximum absolute atomic E-state index is 7.61. The van der Waals surface area contributed by atoms with E-state index >= 15 is 0 Å². The Hall–Kier alpha value is 0.847. The van der Waals surface area contributed by atoms with E-state index in [9.17, 15) is 0 Å². The SMILES string of the molecule is CC(O)O.CC(O)O.CC(O)O.CC(O)O.O.O.[Ru].[Ru]. The standard InChI is InChI=1S/4C2H6O2.2H2O.2Ru/c4*1-2(3)4;;;;/h4*2-4H,1H3;2*1H2;;. The molecule has 12 heteroatoms. The fourth-order valence-corrected chi connectivity index (χ4v) is 0. The van der Waals surface area contributed by atoms with E-state index in [4.69, 9.17) is 40.9 Å². The summed E-state index contributed by atoms with van der Waals surface area (Å²) in [5.41, 5.74) is 0. The van der Waals surface area contributed by atoms with Gasteiger partial charge in [0.1, 0.15) is 25.2 Å². The molecule has 0 rings (SSSR count). The van der Waals surface area contributed by atoms with E-state index in [0.717, 1.165) is 0 Å². The van der Waals surface area contributed by atoms with Crippen molar-refractivity contribution < 1.29 is 90.8 Å². The van der Waals surface area contributed by atoms with Crippen LogP contribution in [0, 0.1) is 0 Å². The Bertz CT molecular complexity index is 70.2. The van der Waals surface area contributed by atoms with Crippen LogP contribution in [0.1, 0.15) is 27.7 Å². The molecule has 0 aromatic carbocycles. The van der Waals surface area contributed by atoms with Crippen LogP contribution in [0.2, 0.25) is 0 Å². The topological polar surface area (TPSA) is 225 Å². The Morgan fingerprint density at radius 1 is 0.400 bits per heavy atom. The molecule has 0 saturated heterocycles. The maximum Gasteiger partial charge on any atom is 0.148 e. The van der Waals surface area contributed by atoms with E-state index in [1.807, 2.05) is 0 Å². The van der Waals surface area contributed by atoms with Crippen LogP contribution in [0.4, 0.5) is 0 Å². The molecular weight excluding hydrogens is 458 g/mol. The van der Waals surface area contributed by atoms with E-state index in [0.29, 0.717) is 0 Å². The second kappa shape index (κ2) is 42.7. The molecule has 0 radical (unpaired) electrons.